The van der Waals surface area contributed by atoms with Gasteiger partial charge in [-0.2, -0.15) is 5.10 Å². The lowest BCUT2D eigenvalue weighted by Gasteiger charge is -2.21. The van der Waals surface area contributed by atoms with E-state index in [4.69, 9.17) is 14.2 Å². The lowest BCUT2D eigenvalue weighted by molar-refractivity contribution is -0.135. The summed E-state index contributed by atoms with van der Waals surface area (Å²) in [6.07, 6.45) is 1.82. The predicted octanol–water partition coefficient (Wildman–Crippen LogP) is 3.30. The van der Waals surface area contributed by atoms with Crippen molar-refractivity contribution in [2.45, 2.75) is 52.6 Å². The highest BCUT2D eigenvalue weighted by molar-refractivity contribution is 5.79. The predicted molar refractivity (Wildman–Crippen MR) is 125 cm³/mol. The molecule has 1 unspecified atom stereocenters. The third kappa shape index (κ3) is 9.27. The number of carbonyl (C=O) groups is 1. The number of aryl methyl sites for hydroxylation is 1. The van der Waals surface area contributed by atoms with Crippen LogP contribution in [0.15, 0.2) is 24.4 Å². The van der Waals surface area contributed by atoms with Gasteiger partial charge in [-0.15, -0.1) is 0 Å². The molecule has 0 spiro atoms. The van der Waals surface area contributed by atoms with Crippen LogP contribution in [0.5, 0.6) is 0 Å². The molecule has 0 aliphatic carbocycles. The molecule has 1 N–H and O–H groups in total. The lowest BCUT2D eigenvalue weighted by atomic mass is 10.1. The average Bonchev–Trinajstić information content (AvgIpc) is 3.07. The molecule has 8 heteroatoms. The van der Waals surface area contributed by atoms with Gasteiger partial charge in [-0.05, 0) is 52.4 Å². The topological polar surface area (TPSA) is 77.9 Å². The van der Waals surface area contributed by atoms with Crippen LogP contribution in [-0.2, 0) is 27.8 Å². The van der Waals surface area contributed by atoms with E-state index in [2.05, 4.69) is 52.4 Å². The van der Waals surface area contributed by atoms with Crippen molar-refractivity contribution in [3.8, 4) is 11.8 Å². The number of benzene rings is 1. The Bertz CT molecular complexity index is 923. The number of amides is 1. The zero-order chi connectivity index (χ0) is 23.6. The largest absolute Gasteiger partial charge is 0.444 e. The molecule has 0 saturated heterocycles. The minimum absolute atomic E-state index is 0.210. The van der Waals surface area contributed by atoms with Crippen molar-refractivity contribution >= 4 is 17.0 Å². The Morgan fingerprint density at radius 2 is 2.06 bits per heavy atom. The quantitative estimate of drug-likeness (QED) is 0.448. The Balaban J connectivity index is 1.71. The van der Waals surface area contributed by atoms with E-state index in [0.717, 1.165) is 30.4 Å². The van der Waals surface area contributed by atoms with Crippen molar-refractivity contribution in [1.29, 1.82) is 0 Å². The number of ether oxygens (including phenoxy) is 3. The standard InChI is InChI=1S/C24H36N4O4/c1-7-30-22(31-15-9-8-13-25-23(29)32-24(2,3)4)12-14-27(5)18-19-10-11-21-20(16-19)17-26-28(21)6/h10-11,16-17,22H,7,12-15,18H2,1-6H3,(H,25,29). The Morgan fingerprint density at radius 1 is 1.28 bits per heavy atom. The van der Waals surface area contributed by atoms with Crippen molar-refractivity contribution in [3.05, 3.63) is 30.0 Å². The molecule has 0 aliphatic rings. The van der Waals surface area contributed by atoms with Gasteiger partial charge in [0.1, 0.15) is 12.2 Å². The highest BCUT2D eigenvalue weighted by Crippen LogP contribution is 2.16. The minimum Gasteiger partial charge on any atom is -0.444 e. The van der Waals surface area contributed by atoms with Crippen LogP contribution in [0.2, 0.25) is 0 Å². The number of nitrogens with one attached hydrogen (secondary N) is 1. The molecule has 0 radical (unpaired) electrons. The van der Waals surface area contributed by atoms with Gasteiger partial charge in [-0.1, -0.05) is 17.9 Å². The van der Waals surface area contributed by atoms with E-state index < -0.39 is 11.7 Å². The fraction of sp³-hybridized carbons (Fsp3) is 0.583. The smallest absolute Gasteiger partial charge is 0.408 e. The summed E-state index contributed by atoms with van der Waals surface area (Å²) in [6, 6.07) is 6.42. The molecule has 0 bridgehead atoms. The van der Waals surface area contributed by atoms with Crippen LogP contribution < -0.4 is 5.32 Å². The van der Waals surface area contributed by atoms with Crippen LogP contribution in [0, 0.1) is 11.8 Å². The average molecular weight is 445 g/mol. The molecule has 0 saturated carbocycles. The Hall–Kier alpha value is -2.60. The number of hydrogen-bond acceptors (Lipinski definition) is 6. The van der Waals surface area contributed by atoms with Crippen LogP contribution in [0.1, 0.15) is 39.7 Å². The molecule has 0 aliphatic heterocycles. The zero-order valence-corrected chi connectivity index (χ0v) is 20.1. The van der Waals surface area contributed by atoms with E-state index in [1.165, 1.54) is 5.56 Å². The summed E-state index contributed by atoms with van der Waals surface area (Å²) >= 11 is 0. The first-order valence-corrected chi connectivity index (χ1v) is 10.9. The van der Waals surface area contributed by atoms with Crippen LogP contribution in [-0.4, -0.2) is 66.0 Å². The molecule has 8 nitrogen and oxygen atoms in total. The Morgan fingerprint density at radius 3 is 2.78 bits per heavy atom. The molecule has 1 aromatic heterocycles. The van der Waals surface area contributed by atoms with E-state index in [-0.39, 0.29) is 19.4 Å². The first-order chi connectivity index (χ1) is 15.2. The van der Waals surface area contributed by atoms with Crippen molar-refractivity contribution in [2.24, 2.45) is 7.05 Å². The van der Waals surface area contributed by atoms with Gasteiger partial charge in [0.2, 0.25) is 0 Å². The summed E-state index contributed by atoms with van der Waals surface area (Å²) in [5.41, 5.74) is 1.85. The second-order valence-electron chi connectivity index (χ2n) is 8.59. The maximum Gasteiger partial charge on any atom is 0.408 e. The summed E-state index contributed by atoms with van der Waals surface area (Å²) < 4.78 is 18.5. The fourth-order valence-corrected chi connectivity index (χ4v) is 3.11. The Labute approximate surface area is 191 Å². The van der Waals surface area contributed by atoms with Gasteiger partial charge in [-0.3, -0.25) is 4.68 Å². The van der Waals surface area contributed by atoms with Crippen LogP contribution in [0.25, 0.3) is 10.9 Å². The molecule has 1 atom stereocenters. The van der Waals surface area contributed by atoms with E-state index in [1.54, 1.807) is 0 Å². The minimum atomic E-state index is -0.524. The molecule has 2 rings (SSSR count). The van der Waals surface area contributed by atoms with E-state index >= 15 is 0 Å². The normalized spacial score (nSPS) is 12.5. The molecule has 1 aromatic carbocycles. The van der Waals surface area contributed by atoms with E-state index in [1.807, 2.05) is 45.6 Å². The summed E-state index contributed by atoms with van der Waals surface area (Å²) in [7, 11) is 4.03. The summed E-state index contributed by atoms with van der Waals surface area (Å²) in [5.74, 6) is 5.75. The highest BCUT2D eigenvalue weighted by Gasteiger charge is 2.15. The molecule has 0 fully saturated rings. The molecule has 2 aromatic rings. The van der Waals surface area contributed by atoms with Gasteiger partial charge in [-0.25, -0.2) is 4.79 Å². The van der Waals surface area contributed by atoms with Crippen LogP contribution in [0.3, 0.4) is 0 Å². The molecule has 1 heterocycles. The molecule has 176 valence electrons. The third-order valence-corrected chi connectivity index (χ3v) is 4.55. The second kappa shape index (κ2) is 12.4. The number of carbonyl (C=O) groups excluding carboxylic acids is 1. The molecular formula is C24H36N4O4. The number of alkyl carbamates (subject to hydrolysis) is 1. The van der Waals surface area contributed by atoms with Crippen molar-refractivity contribution in [1.82, 2.24) is 20.0 Å². The summed E-state index contributed by atoms with van der Waals surface area (Å²) in [5, 5.41) is 8.04. The van der Waals surface area contributed by atoms with Gasteiger partial charge in [0.05, 0.1) is 18.3 Å². The highest BCUT2D eigenvalue weighted by atomic mass is 16.7. The van der Waals surface area contributed by atoms with Crippen molar-refractivity contribution in [2.75, 3.05) is 33.4 Å². The number of fused-ring (bicyclic) bond motifs is 1. The lowest BCUT2D eigenvalue weighted by Crippen LogP contribution is -2.32. The number of aromatic nitrogens is 2. The number of nitrogens with zero attached hydrogens (tertiary/aromatic N) is 3. The van der Waals surface area contributed by atoms with Gasteiger partial charge in [0, 0.05) is 38.6 Å². The van der Waals surface area contributed by atoms with Gasteiger partial charge in [0.15, 0.2) is 6.29 Å². The van der Waals surface area contributed by atoms with Crippen molar-refractivity contribution in [3.63, 3.8) is 0 Å². The Kier molecular flexibility index (Phi) is 9.97. The SMILES string of the molecule is CCOC(CCN(C)Cc1ccc2c(cnn2C)c1)OCC#CCNC(=O)OC(C)(C)C. The third-order valence-electron chi connectivity index (χ3n) is 4.55. The monoisotopic (exact) mass is 444 g/mol. The van der Waals surface area contributed by atoms with E-state index in [9.17, 15) is 4.79 Å². The first kappa shape index (κ1) is 25.7. The number of rotatable bonds is 10. The summed E-state index contributed by atoms with van der Waals surface area (Å²) in [4.78, 5) is 13.8. The van der Waals surface area contributed by atoms with Crippen LogP contribution >= 0.6 is 0 Å². The first-order valence-electron chi connectivity index (χ1n) is 10.9. The molecule has 1 amide bonds. The number of hydrogen-bond donors (Lipinski definition) is 1. The maximum absolute atomic E-state index is 11.6. The van der Waals surface area contributed by atoms with Gasteiger partial charge in [0.25, 0.3) is 0 Å². The fourth-order valence-electron chi connectivity index (χ4n) is 3.11. The van der Waals surface area contributed by atoms with E-state index in [0.29, 0.717) is 6.61 Å². The van der Waals surface area contributed by atoms with Gasteiger partial charge < -0.3 is 24.4 Å². The van der Waals surface area contributed by atoms with Crippen LogP contribution in [0.4, 0.5) is 4.79 Å². The zero-order valence-electron chi connectivity index (χ0n) is 20.1. The van der Waals surface area contributed by atoms with Gasteiger partial charge >= 0.3 is 6.09 Å². The summed E-state index contributed by atoms with van der Waals surface area (Å²) in [6.45, 7) is 10.1. The molecule has 32 heavy (non-hydrogen) atoms. The molecular weight excluding hydrogens is 408 g/mol. The van der Waals surface area contributed by atoms with Crippen molar-refractivity contribution < 1.29 is 19.0 Å². The maximum atomic E-state index is 11.6. The second-order valence-corrected chi connectivity index (χ2v) is 8.59.